The third kappa shape index (κ3) is 2.00. The smallest absolute Gasteiger partial charge is 0.331 e. The van der Waals surface area contributed by atoms with Crippen LogP contribution in [-0.4, -0.2) is 45.4 Å². The van der Waals surface area contributed by atoms with Crippen molar-refractivity contribution in [1.82, 2.24) is 9.55 Å². The number of rotatable bonds is 2. The summed E-state index contributed by atoms with van der Waals surface area (Å²) in [7, 11) is 0. The highest BCUT2D eigenvalue weighted by Crippen LogP contribution is 2.45. The van der Waals surface area contributed by atoms with E-state index in [0.29, 0.717) is 0 Å². The van der Waals surface area contributed by atoms with Crippen LogP contribution in [0.5, 0.6) is 0 Å². The van der Waals surface area contributed by atoms with E-state index in [4.69, 9.17) is 14.2 Å². The molecule has 2 fully saturated rings. The van der Waals surface area contributed by atoms with E-state index in [0.717, 1.165) is 16.8 Å². The van der Waals surface area contributed by atoms with E-state index in [-0.39, 0.29) is 0 Å². The van der Waals surface area contributed by atoms with E-state index in [1.165, 1.54) is 0 Å². The molecule has 1 aromatic rings. The van der Waals surface area contributed by atoms with E-state index in [1.807, 2.05) is 6.07 Å². The Kier molecular flexibility index (Phi) is 3.23. The fraction of sp³-hybridized carbons (Fsp3) is 0.615. The molecule has 4 atom stereocenters. The van der Waals surface area contributed by atoms with Gasteiger partial charge in [0.1, 0.15) is 18.3 Å². The number of hydrogen-bond donors (Lipinski definition) is 2. The molecule has 2 N–H and O–H groups in total. The average molecular weight is 309 g/mol. The third-order valence-corrected chi connectivity index (χ3v) is 3.73. The maximum Gasteiger partial charge on any atom is 0.331 e. The van der Waals surface area contributed by atoms with Gasteiger partial charge >= 0.3 is 5.69 Å². The minimum absolute atomic E-state index is 0.401. The number of hydrogen-bond acceptors (Lipinski definition) is 7. The first-order chi connectivity index (χ1) is 10.3. The molecule has 0 aliphatic carbocycles. The summed E-state index contributed by atoms with van der Waals surface area (Å²) in [5.41, 5.74) is -3.22. The number of aromatic amines is 1. The SMILES string of the molecule is CC1(C)O[C@H]2[C@@H](O1)[C@](C#N)(n1ccc(=O)[nH]c1=O)O[C@@H]2CO. The second kappa shape index (κ2) is 4.76. The highest BCUT2D eigenvalue weighted by Gasteiger charge is 2.65. The van der Waals surface area contributed by atoms with Gasteiger partial charge in [-0.3, -0.25) is 14.3 Å². The largest absolute Gasteiger partial charge is 0.394 e. The number of H-pyrrole nitrogens is 1. The van der Waals surface area contributed by atoms with Crippen LogP contribution in [0, 0.1) is 11.3 Å². The molecule has 3 heterocycles. The van der Waals surface area contributed by atoms with Gasteiger partial charge in [-0.1, -0.05) is 0 Å². The maximum absolute atomic E-state index is 12.1. The van der Waals surface area contributed by atoms with Crippen LogP contribution in [0.1, 0.15) is 13.8 Å². The Morgan fingerprint density at radius 1 is 1.41 bits per heavy atom. The van der Waals surface area contributed by atoms with Gasteiger partial charge in [-0.05, 0) is 13.8 Å². The Morgan fingerprint density at radius 3 is 2.73 bits per heavy atom. The minimum atomic E-state index is -1.83. The van der Waals surface area contributed by atoms with Gasteiger partial charge in [-0.2, -0.15) is 5.26 Å². The van der Waals surface area contributed by atoms with Crippen LogP contribution in [0.15, 0.2) is 21.9 Å². The number of nitriles is 1. The first kappa shape index (κ1) is 14.9. The highest BCUT2D eigenvalue weighted by molar-refractivity contribution is 5.15. The Labute approximate surface area is 124 Å². The molecule has 2 saturated heterocycles. The summed E-state index contributed by atoms with van der Waals surface area (Å²) in [6.07, 6.45) is -1.30. The summed E-state index contributed by atoms with van der Waals surface area (Å²) < 4.78 is 17.9. The molecule has 0 amide bonds. The zero-order chi connectivity index (χ0) is 16.1. The third-order valence-electron chi connectivity index (χ3n) is 3.73. The highest BCUT2D eigenvalue weighted by atomic mass is 16.8. The number of aromatic nitrogens is 2. The summed E-state index contributed by atoms with van der Waals surface area (Å²) in [5, 5.41) is 19.1. The predicted molar refractivity (Wildman–Crippen MR) is 70.7 cm³/mol. The molecule has 3 rings (SSSR count). The first-order valence-corrected chi connectivity index (χ1v) is 6.71. The van der Waals surface area contributed by atoms with Crippen molar-refractivity contribution in [2.75, 3.05) is 6.61 Å². The second-order valence-corrected chi connectivity index (χ2v) is 5.65. The minimum Gasteiger partial charge on any atom is -0.394 e. The van der Waals surface area contributed by atoms with Crippen molar-refractivity contribution in [3.05, 3.63) is 33.1 Å². The van der Waals surface area contributed by atoms with Gasteiger partial charge in [0, 0.05) is 12.3 Å². The normalized spacial score (nSPS) is 36.0. The van der Waals surface area contributed by atoms with Crippen LogP contribution in [0.2, 0.25) is 0 Å². The van der Waals surface area contributed by atoms with Crippen LogP contribution >= 0.6 is 0 Å². The molecular weight excluding hydrogens is 294 g/mol. The van der Waals surface area contributed by atoms with Gasteiger partial charge in [-0.15, -0.1) is 0 Å². The molecule has 0 aromatic carbocycles. The number of ether oxygens (including phenoxy) is 3. The summed E-state index contributed by atoms with van der Waals surface area (Å²) in [5.74, 6) is -0.986. The lowest BCUT2D eigenvalue weighted by molar-refractivity contribution is -0.218. The number of aliphatic hydroxyl groups is 1. The molecule has 0 bridgehead atoms. The van der Waals surface area contributed by atoms with Crippen LogP contribution < -0.4 is 11.2 Å². The van der Waals surface area contributed by atoms with Crippen molar-refractivity contribution >= 4 is 0 Å². The lowest BCUT2D eigenvalue weighted by Gasteiger charge is -2.29. The standard InChI is InChI=1S/C13H15N3O6/c1-12(2)21-9-7(5-17)20-13(6-14,10(9)22-12)16-4-3-8(18)15-11(16)19/h3-4,7,9-10,17H,5H2,1-2H3,(H,15,18,19)/t7-,9-,10-,13-/m1/s1. The van der Waals surface area contributed by atoms with E-state index in [2.05, 4.69) is 4.98 Å². The average Bonchev–Trinajstić information content (AvgIpc) is 2.91. The zero-order valence-electron chi connectivity index (χ0n) is 12.0. The molecule has 0 unspecified atom stereocenters. The summed E-state index contributed by atoms with van der Waals surface area (Å²) in [4.78, 5) is 25.3. The first-order valence-electron chi connectivity index (χ1n) is 6.71. The number of nitrogens with one attached hydrogen (secondary N) is 1. The van der Waals surface area contributed by atoms with Crippen molar-refractivity contribution in [2.45, 2.75) is 43.7 Å². The van der Waals surface area contributed by atoms with Gasteiger partial charge in [0.05, 0.1) is 6.61 Å². The summed E-state index contributed by atoms with van der Waals surface area (Å²) >= 11 is 0. The topological polar surface area (TPSA) is 127 Å². The lowest BCUT2D eigenvalue weighted by Crippen LogP contribution is -2.50. The van der Waals surface area contributed by atoms with Crippen molar-refractivity contribution in [3.63, 3.8) is 0 Å². The van der Waals surface area contributed by atoms with E-state index < -0.39 is 47.7 Å². The van der Waals surface area contributed by atoms with Gasteiger partial charge in [0.25, 0.3) is 11.3 Å². The number of fused-ring (bicyclic) bond motifs is 1. The Morgan fingerprint density at radius 2 is 2.14 bits per heavy atom. The van der Waals surface area contributed by atoms with Crippen molar-refractivity contribution in [3.8, 4) is 6.07 Å². The molecule has 1 aromatic heterocycles. The van der Waals surface area contributed by atoms with E-state index in [1.54, 1.807) is 13.8 Å². The van der Waals surface area contributed by atoms with Gasteiger partial charge in [0.15, 0.2) is 11.9 Å². The van der Waals surface area contributed by atoms with Crippen LogP contribution in [-0.2, 0) is 19.9 Å². The predicted octanol–water partition coefficient (Wildman–Crippen LogP) is -1.38. The fourth-order valence-electron chi connectivity index (χ4n) is 2.89. The second-order valence-electron chi connectivity index (χ2n) is 5.65. The van der Waals surface area contributed by atoms with Crippen LogP contribution in [0.4, 0.5) is 0 Å². The van der Waals surface area contributed by atoms with Crippen molar-refractivity contribution in [2.24, 2.45) is 0 Å². The fourth-order valence-corrected chi connectivity index (χ4v) is 2.89. The molecule has 0 radical (unpaired) electrons. The molecule has 0 saturated carbocycles. The van der Waals surface area contributed by atoms with E-state index >= 15 is 0 Å². The molecule has 2 aliphatic rings. The van der Waals surface area contributed by atoms with Crippen molar-refractivity contribution in [1.29, 1.82) is 5.26 Å². The molecule has 9 heteroatoms. The molecular formula is C13H15N3O6. The lowest BCUT2D eigenvalue weighted by atomic mass is 10.0. The Balaban J connectivity index is 2.15. The molecule has 118 valence electrons. The molecule has 22 heavy (non-hydrogen) atoms. The molecule has 0 spiro atoms. The number of nitrogens with zero attached hydrogens (tertiary/aromatic N) is 2. The zero-order valence-corrected chi connectivity index (χ0v) is 12.0. The van der Waals surface area contributed by atoms with E-state index in [9.17, 15) is 20.0 Å². The van der Waals surface area contributed by atoms with Crippen molar-refractivity contribution < 1.29 is 19.3 Å². The van der Waals surface area contributed by atoms with Gasteiger partial charge in [0.2, 0.25) is 0 Å². The van der Waals surface area contributed by atoms with Gasteiger partial charge in [-0.25, -0.2) is 4.79 Å². The van der Waals surface area contributed by atoms with Gasteiger partial charge < -0.3 is 19.3 Å². The quantitative estimate of drug-likeness (QED) is 0.689. The molecule has 2 aliphatic heterocycles. The van der Waals surface area contributed by atoms with Crippen LogP contribution in [0.25, 0.3) is 0 Å². The van der Waals surface area contributed by atoms with Crippen LogP contribution in [0.3, 0.4) is 0 Å². The summed E-state index contributed by atoms with van der Waals surface area (Å²) in [6, 6.07) is 3.03. The molecule has 9 nitrogen and oxygen atoms in total. The monoisotopic (exact) mass is 309 g/mol. The Hall–Kier alpha value is -1.99. The maximum atomic E-state index is 12.1. The number of aliphatic hydroxyl groups excluding tert-OH is 1. The summed E-state index contributed by atoms with van der Waals surface area (Å²) in [6.45, 7) is 2.93. The Bertz CT molecular complexity index is 747.